The minimum Gasteiger partial charge on any atom is -0.335 e. The van der Waals surface area contributed by atoms with Gasteiger partial charge in [0, 0.05) is 24.2 Å². The molecule has 2 aromatic rings. The molecular formula is C22H25ClN2O2. The molecule has 3 rings (SSSR count). The van der Waals surface area contributed by atoms with Gasteiger partial charge in [-0.2, -0.15) is 0 Å². The maximum Gasteiger partial charge on any atom is 0.229 e. The van der Waals surface area contributed by atoms with Gasteiger partial charge in [0.25, 0.3) is 0 Å². The first-order valence-corrected chi connectivity index (χ1v) is 9.78. The lowest BCUT2D eigenvalue weighted by atomic mass is 9.88. The Kier molecular flexibility index (Phi) is 6.17. The molecule has 0 spiro atoms. The fourth-order valence-corrected chi connectivity index (χ4v) is 3.76. The van der Waals surface area contributed by atoms with Gasteiger partial charge in [-0.1, -0.05) is 42.8 Å². The summed E-state index contributed by atoms with van der Waals surface area (Å²) in [6, 6.07) is 15.5. The number of nitrogens with zero attached hydrogens (tertiary/aromatic N) is 1. The monoisotopic (exact) mass is 384 g/mol. The summed E-state index contributed by atoms with van der Waals surface area (Å²) >= 11 is 5.89. The standard InChI is InChI=1S/C22H25ClN2O2/c1-3-16-4-6-17(7-5-16)21-13-8-18(14-25(21)15(2)26)22(27)24-20-11-9-19(23)10-12-20/h4-7,9-12,18,21H,3,8,13-14H2,1-2H3,(H,24,27). The summed E-state index contributed by atoms with van der Waals surface area (Å²) < 4.78 is 0. The third-order valence-electron chi connectivity index (χ3n) is 5.24. The van der Waals surface area contributed by atoms with Crippen LogP contribution in [0.3, 0.4) is 0 Å². The third-order valence-corrected chi connectivity index (χ3v) is 5.49. The third kappa shape index (κ3) is 4.69. The molecule has 1 aliphatic rings. The molecule has 0 bridgehead atoms. The van der Waals surface area contributed by atoms with Crippen molar-refractivity contribution in [3.63, 3.8) is 0 Å². The van der Waals surface area contributed by atoms with Crippen LogP contribution in [-0.4, -0.2) is 23.3 Å². The van der Waals surface area contributed by atoms with E-state index in [0.29, 0.717) is 11.6 Å². The Morgan fingerprint density at radius 1 is 1.07 bits per heavy atom. The minimum atomic E-state index is -0.212. The summed E-state index contributed by atoms with van der Waals surface area (Å²) in [5.41, 5.74) is 3.14. The number of carbonyl (C=O) groups is 2. The number of benzene rings is 2. The molecule has 0 aromatic heterocycles. The Labute approximate surface area is 165 Å². The van der Waals surface area contributed by atoms with Crippen LogP contribution >= 0.6 is 11.6 Å². The van der Waals surface area contributed by atoms with E-state index in [1.54, 1.807) is 31.2 Å². The second kappa shape index (κ2) is 8.57. The zero-order chi connectivity index (χ0) is 19.4. The zero-order valence-corrected chi connectivity index (χ0v) is 16.5. The molecule has 2 atom stereocenters. The van der Waals surface area contributed by atoms with E-state index < -0.39 is 0 Å². The molecular weight excluding hydrogens is 360 g/mol. The highest BCUT2D eigenvalue weighted by atomic mass is 35.5. The second-order valence-electron chi connectivity index (χ2n) is 7.05. The van der Waals surface area contributed by atoms with E-state index in [1.165, 1.54) is 5.56 Å². The normalized spacial score (nSPS) is 19.6. The van der Waals surface area contributed by atoms with Gasteiger partial charge in [0.15, 0.2) is 0 Å². The summed E-state index contributed by atoms with van der Waals surface area (Å²) in [7, 11) is 0. The number of hydrogen-bond acceptors (Lipinski definition) is 2. The minimum absolute atomic E-state index is 0.00330. The number of likely N-dealkylation sites (tertiary alicyclic amines) is 1. The zero-order valence-electron chi connectivity index (χ0n) is 15.7. The van der Waals surface area contributed by atoms with Gasteiger partial charge in [-0.3, -0.25) is 9.59 Å². The molecule has 142 valence electrons. The molecule has 0 saturated carbocycles. The first-order valence-electron chi connectivity index (χ1n) is 9.40. The Bertz CT molecular complexity index is 802. The van der Waals surface area contributed by atoms with Gasteiger partial charge in [0.1, 0.15) is 0 Å². The molecule has 1 fully saturated rings. The molecule has 1 saturated heterocycles. The van der Waals surface area contributed by atoms with E-state index in [1.807, 2.05) is 4.90 Å². The largest absolute Gasteiger partial charge is 0.335 e. The molecule has 1 aliphatic heterocycles. The molecule has 5 heteroatoms. The Balaban J connectivity index is 1.70. The predicted molar refractivity (Wildman–Crippen MR) is 109 cm³/mol. The van der Waals surface area contributed by atoms with Crippen LogP contribution in [0.25, 0.3) is 0 Å². The van der Waals surface area contributed by atoms with Gasteiger partial charge in [-0.15, -0.1) is 0 Å². The summed E-state index contributed by atoms with van der Waals surface area (Å²) in [6.45, 7) is 4.14. The number of hydrogen-bond donors (Lipinski definition) is 1. The van der Waals surface area contributed by atoms with Crippen LogP contribution in [-0.2, 0) is 16.0 Å². The molecule has 1 heterocycles. The van der Waals surface area contributed by atoms with Gasteiger partial charge < -0.3 is 10.2 Å². The van der Waals surface area contributed by atoms with Crippen molar-refractivity contribution < 1.29 is 9.59 Å². The average molecular weight is 385 g/mol. The SMILES string of the molecule is CCc1ccc(C2CCC(C(=O)Nc3ccc(Cl)cc3)CN2C(C)=O)cc1. The average Bonchev–Trinajstić information content (AvgIpc) is 2.69. The molecule has 1 N–H and O–H groups in total. The maximum atomic E-state index is 12.7. The van der Waals surface area contributed by atoms with Gasteiger partial charge in [0.2, 0.25) is 11.8 Å². The number of rotatable bonds is 4. The van der Waals surface area contributed by atoms with Crippen LogP contribution in [0.1, 0.15) is 43.9 Å². The number of amides is 2. The van der Waals surface area contributed by atoms with E-state index in [0.717, 1.165) is 30.5 Å². The molecule has 2 aromatic carbocycles. The van der Waals surface area contributed by atoms with E-state index >= 15 is 0 Å². The van der Waals surface area contributed by atoms with Crippen molar-refractivity contribution >= 4 is 29.1 Å². The van der Waals surface area contributed by atoms with Crippen molar-refractivity contribution in [1.82, 2.24) is 4.90 Å². The van der Waals surface area contributed by atoms with Crippen LogP contribution in [0.5, 0.6) is 0 Å². The van der Waals surface area contributed by atoms with Crippen molar-refractivity contribution in [1.29, 1.82) is 0 Å². The molecule has 4 nitrogen and oxygen atoms in total. The van der Waals surface area contributed by atoms with Gasteiger partial charge in [0.05, 0.1) is 12.0 Å². The second-order valence-corrected chi connectivity index (χ2v) is 7.49. The van der Waals surface area contributed by atoms with Crippen LogP contribution in [0.2, 0.25) is 5.02 Å². The lowest BCUT2D eigenvalue weighted by molar-refractivity contribution is -0.135. The fourth-order valence-electron chi connectivity index (χ4n) is 3.63. The number of anilines is 1. The van der Waals surface area contributed by atoms with E-state index in [2.05, 4.69) is 36.5 Å². The number of carbonyl (C=O) groups excluding carboxylic acids is 2. The van der Waals surface area contributed by atoms with Crippen LogP contribution < -0.4 is 5.32 Å². The fraction of sp³-hybridized carbons (Fsp3) is 0.364. The molecule has 27 heavy (non-hydrogen) atoms. The number of nitrogens with one attached hydrogen (secondary N) is 1. The van der Waals surface area contributed by atoms with E-state index in [-0.39, 0.29) is 23.8 Å². The van der Waals surface area contributed by atoms with Crippen LogP contribution in [0.4, 0.5) is 5.69 Å². The summed E-state index contributed by atoms with van der Waals surface area (Å²) in [5, 5.41) is 3.56. The lowest BCUT2D eigenvalue weighted by Gasteiger charge is -2.39. The lowest BCUT2D eigenvalue weighted by Crippen LogP contribution is -2.44. The Hall–Kier alpha value is -2.33. The van der Waals surface area contributed by atoms with Crippen molar-refractivity contribution in [2.45, 2.75) is 39.2 Å². The molecule has 0 radical (unpaired) electrons. The molecule has 0 aliphatic carbocycles. The van der Waals surface area contributed by atoms with E-state index in [9.17, 15) is 9.59 Å². The van der Waals surface area contributed by atoms with Crippen molar-refractivity contribution in [3.8, 4) is 0 Å². The van der Waals surface area contributed by atoms with Gasteiger partial charge >= 0.3 is 0 Å². The van der Waals surface area contributed by atoms with Gasteiger partial charge in [-0.05, 0) is 54.7 Å². The highest BCUT2D eigenvalue weighted by Gasteiger charge is 2.34. The topological polar surface area (TPSA) is 49.4 Å². The first kappa shape index (κ1) is 19.4. The van der Waals surface area contributed by atoms with Crippen molar-refractivity contribution in [2.75, 3.05) is 11.9 Å². The maximum absolute atomic E-state index is 12.7. The van der Waals surface area contributed by atoms with Crippen LogP contribution in [0.15, 0.2) is 48.5 Å². The predicted octanol–water partition coefficient (Wildman–Crippen LogP) is 4.84. The highest BCUT2D eigenvalue weighted by molar-refractivity contribution is 6.30. The number of piperidine rings is 1. The summed E-state index contributed by atoms with van der Waals surface area (Å²) in [6.07, 6.45) is 2.53. The smallest absolute Gasteiger partial charge is 0.229 e. The summed E-state index contributed by atoms with van der Waals surface area (Å²) in [5.74, 6) is -0.261. The van der Waals surface area contributed by atoms with Crippen molar-refractivity contribution in [3.05, 3.63) is 64.7 Å². The van der Waals surface area contributed by atoms with E-state index in [4.69, 9.17) is 11.6 Å². The first-order chi connectivity index (χ1) is 13.0. The number of aryl methyl sites for hydroxylation is 1. The van der Waals surface area contributed by atoms with Crippen molar-refractivity contribution in [2.24, 2.45) is 5.92 Å². The van der Waals surface area contributed by atoms with Gasteiger partial charge in [-0.25, -0.2) is 0 Å². The molecule has 2 amide bonds. The number of halogens is 1. The Morgan fingerprint density at radius 2 is 1.74 bits per heavy atom. The summed E-state index contributed by atoms with van der Waals surface area (Å²) in [4.78, 5) is 26.7. The molecule has 2 unspecified atom stereocenters. The van der Waals surface area contributed by atoms with Crippen LogP contribution in [0, 0.1) is 5.92 Å². The quantitative estimate of drug-likeness (QED) is 0.819. The highest BCUT2D eigenvalue weighted by Crippen LogP contribution is 2.34. The Morgan fingerprint density at radius 3 is 2.33 bits per heavy atom.